The lowest BCUT2D eigenvalue weighted by Crippen LogP contribution is -2.35. The van der Waals surface area contributed by atoms with Crippen LogP contribution in [0.3, 0.4) is 0 Å². The second kappa shape index (κ2) is 5.02. The number of hydrogen-bond acceptors (Lipinski definition) is 3. The average Bonchev–Trinajstić information content (AvgIpc) is 2.28. The third-order valence-corrected chi connectivity index (χ3v) is 5.33. The van der Waals surface area contributed by atoms with Crippen molar-refractivity contribution in [3.8, 4) is 0 Å². The van der Waals surface area contributed by atoms with Crippen molar-refractivity contribution in [1.29, 1.82) is 0 Å². The molecule has 1 aromatic rings. The smallest absolute Gasteiger partial charge is 0.205 e. The largest absolute Gasteiger partial charge is 0.359 e. The highest BCUT2D eigenvalue weighted by Crippen LogP contribution is 2.30. The second-order valence-electron chi connectivity index (χ2n) is 5.31. The monoisotopic (exact) mass is 268 g/mol. The van der Waals surface area contributed by atoms with Crippen molar-refractivity contribution >= 4 is 9.84 Å². The Labute approximate surface area is 109 Å². The molecule has 4 heteroatoms. The summed E-state index contributed by atoms with van der Waals surface area (Å²) in [6.45, 7) is 5.96. The minimum absolute atomic E-state index is 0.0129. The molecule has 0 amide bonds. The number of benzene rings is 1. The Morgan fingerprint density at radius 3 is 2.28 bits per heavy atom. The molecule has 1 aliphatic heterocycles. The van der Waals surface area contributed by atoms with Gasteiger partial charge in [-0.1, -0.05) is 24.6 Å². The van der Waals surface area contributed by atoms with Crippen LogP contribution in [0.15, 0.2) is 29.2 Å². The van der Waals surface area contributed by atoms with Gasteiger partial charge in [-0.15, -0.1) is 0 Å². The molecule has 0 aromatic heterocycles. The quantitative estimate of drug-likeness (QED) is 0.828. The van der Waals surface area contributed by atoms with Gasteiger partial charge in [-0.2, -0.15) is 0 Å². The fourth-order valence-electron chi connectivity index (χ4n) is 2.44. The predicted octanol–water partition coefficient (Wildman–Crippen LogP) is 2.93. The van der Waals surface area contributed by atoms with Gasteiger partial charge in [0, 0.05) is 0 Å². The highest BCUT2D eigenvalue weighted by Gasteiger charge is 2.35. The lowest BCUT2D eigenvalue weighted by atomic mass is 9.99. The molecule has 18 heavy (non-hydrogen) atoms. The molecule has 3 atom stereocenters. The second-order valence-corrected chi connectivity index (χ2v) is 7.40. The molecule has 1 aromatic carbocycles. The molecular formula is C14H20O3S. The van der Waals surface area contributed by atoms with E-state index in [0.29, 0.717) is 17.2 Å². The molecule has 1 fully saturated rings. The molecule has 3 nitrogen and oxygen atoms in total. The van der Waals surface area contributed by atoms with E-state index in [1.54, 1.807) is 12.1 Å². The van der Waals surface area contributed by atoms with Crippen LogP contribution >= 0.6 is 0 Å². The van der Waals surface area contributed by atoms with Crippen molar-refractivity contribution in [2.24, 2.45) is 5.92 Å². The average molecular weight is 268 g/mol. The Bertz CT molecular complexity index is 494. The molecule has 1 heterocycles. The molecular weight excluding hydrogens is 248 g/mol. The van der Waals surface area contributed by atoms with E-state index in [-0.39, 0.29) is 6.10 Å². The highest BCUT2D eigenvalue weighted by molar-refractivity contribution is 7.91. The third-order valence-electron chi connectivity index (χ3n) is 3.41. The first-order valence-electron chi connectivity index (χ1n) is 6.35. The van der Waals surface area contributed by atoms with Crippen molar-refractivity contribution in [3.05, 3.63) is 29.8 Å². The van der Waals surface area contributed by atoms with Gasteiger partial charge in [0.1, 0.15) is 0 Å². The molecule has 1 aliphatic rings. The molecule has 0 N–H and O–H groups in total. The summed E-state index contributed by atoms with van der Waals surface area (Å²) < 4.78 is 30.5. The van der Waals surface area contributed by atoms with Crippen molar-refractivity contribution in [3.63, 3.8) is 0 Å². The maximum atomic E-state index is 12.5. The van der Waals surface area contributed by atoms with Crippen LogP contribution in [0.25, 0.3) is 0 Å². The van der Waals surface area contributed by atoms with Crippen LogP contribution in [0.4, 0.5) is 0 Å². The molecule has 100 valence electrons. The van der Waals surface area contributed by atoms with E-state index in [0.717, 1.165) is 12.0 Å². The van der Waals surface area contributed by atoms with E-state index < -0.39 is 15.3 Å². The Morgan fingerprint density at radius 2 is 1.72 bits per heavy atom. The molecule has 0 bridgehead atoms. The SMILES string of the molecule is Cc1ccc(S(=O)(=O)[C@@H]2C[C@H](C)C[C@H](C)O2)cc1. The van der Waals surface area contributed by atoms with E-state index in [9.17, 15) is 8.42 Å². The first-order valence-corrected chi connectivity index (χ1v) is 7.90. The Morgan fingerprint density at radius 1 is 1.11 bits per heavy atom. The van der Waals surface area contributed by atoms with Crippen LogP contribution in [0.5, 0.6) is 0 Å². The summed E-state index contributed by atoms with van der Waals surface area (Å²) in [6.07, 6.45) is 1.53. The van der Waals surface area contributed by atoms with E-state index in [1.807, 2.05) is 26.0 Å². The molecule has 0 unspecified atom stereocenters. The van der Waals surface area contributed by atoms with Crippen molar-refractivity contribution in [1.82, 2.24) is 0 Å². The maximum Gasteiger partial charge on any atom is 0.205 e. The van der Waals surface area contributed by atoms with Gasteiger partial charge in [0.25, 0.3) is 0 Å². The summed E-state index contributed by atoms with van der Waals surface area (Å²) in [5.41, 5.74) is 0.360. The normalized spacial score (nSPS) is 29.2. The topological polar surface area (TPSA) is 43.4 Å². The summed E-state index contributed by atoms with van der Waals surface area (Å²) in [4.78, 5) is 0.361. The van der Waals surface area contributed by atoms with E-state index in [1.165, 1.54) is 0 Å². The number of rotatable bonds is 2. The Hall–Kier alpha value is -0.870. The molecule has 0 saturated carbocycles. The fourth-order valence-corrected chi connectivity index (χ4v) is 4.18. The van der Waals surface area contributed by atoms with Gasteiger partial charge >= 0.3 is 0 Å². The van der Waals surface area contributed by atoms with Gasteiger partial charge in [0.05, 0.1) is 11.0 Å². The fraction of sp³-hybridized carbons (Fsp3) is 0.571. The lowest BCUT2D eigenvalue weighted by molar-refractivity contribution is -0.0177. The minimum atomic E-state index is -3.37. The summed E-state index contributed by atoms with van der Waals surface area (Å²) in [5.74, 6) is 0.388. The van der Waals surface area contributed by atoms with Crippen LogP contribution in [0.1, 0.15) is 32.3 Å². The van der Waals surface area contributed by atoms with Crippen LogP contribution in [0.2, 0.25) is 0 Å². The van der Waals surface area contributed by atoms with Gasteiger partial charge in [-0.05, 0) is 44.7 Å². The van der Waals surface area contributed by atoms with Crippen molar-refractivity contribution in [2.45, 2.75) is 50.0 Å². The predicted molar refractivity (Wildman–Crippen MR) is 71.1 cm³/mol. The Kier molecular flexibility index (Phi) is 3.78. The summed E-state index contributed by atoms with van der Waals surface area (Å²) in [5, 5.41) is 0. The number of sulfone groups is 1. The zero-order valence-electron chi connectivity index (χ0n) is 11.1. The third kappa shape index (κ3) is 2.75. The van der Waals surface area contributed by atoms with Crippen molar-refractivity contribution < 1.29 is 13.2 Å². The summed E-state index contributed by atoms with van der Waals surface area (Å²) in [7, 11) is -3.37. The number of ether oxygens (including phenoxy) is 1. The molecule has 1 saturated heterocycles. The first kappa shape index (κ1) is 13.6. The standard InChI is InChI=1S/C14H20O3S/c1-10-4-6-13(7-5-10)18(15,16)14-9-11(2)8-12(3)17-14/h4-7,11-12,14H,8-9H2,1-3H3/t11-,12+,14-/m1/s1. The van der Waals surface area contributed by atoms with Gasteiger partial charge in [0.15, 0.2) is 5.44 Å². The number of hydrogen-bond donors (Lipinski definition) is 0. The molecule has 0 radical (unpaired) electrons. The van der Waals surface area contributed by atoms with Gasteiger partial charge in [-0.3, -0.25) is 0 Å². The molecule has 0 spiro atoms. The highest BCUT2D eigenvalue weighted by atomic mass is 32.2. The van der Waals surface area contributed by atoms with E-state index in [4.69, 9.17) is 4.74 Å². The lowest BCUT2D eigenvalue weighted by Gasteiger charge is -2.31. The van der Waals surface area contributed by atoms with Gasteiger partial charge in [-0.25, -0.2) is 8.42 Å². The molecule has 0 aliphatic carbocycles. The van der Waals surface area contributed by atoms with Gasteiger partial charge in [0.2, 0.25) is 9.84 Å². The first-order chi connectivity index (χ1) is 8.39. The molecule has 2 rings (SSSR count). The minimum Gasteiger partial charge on any atom is -0.359 e. The number of aryl methyl sites for hydroxylation is 1. The zero-order valence-corrected chi connectivity index (χ0v) is 11.9. The van der Waals surface area contributed by atoms with Crippen LogP contribution in [0, 0.1) is 12.8 Å². The van der Waals surface area contributed by atoms with Gasteiger partial charge < -0.3 is 4.74 Å². The Balaban J connectivity index is 2.28. The van der Waals surface area contributed by atoms with E-state index in [2.05, 4.69) is 6.92 Å². The van der Waals surface area contributed by atoms with E-state index >= 15 is 0 Å². The van der Waals surface area contributed by atoms with Crippen molar-refractivity contribution in [2.75, 3.05) is 0 Å². The van der Waals surface area contributed by atoms with Crippen LogP contribution < -0.4 is 0 Å². The van der Waals surface area contributed by atoms with Crippen LogP contribution in [-0.4, -0.2) is 20.0 Å². The summed E-state index contributed by atoms with van der Waals surface area (Å²) in [6, 6.07) is 6.97. The summed E-state index contributed by atoms with van der Waals surface area (Å²) >= 11 is 0. The van der Waals surface area contributed by atoms with Crippen LogP contribution in [-0.2, 0) is 14.6 Å². The maximum absolute atomic E-state index is 12.5. The zero-order chi connectivity index (χ0) is 13.3.